The lowest BCUT2D eigenvalue weighted by Gasteiger charge is -1.95. The molecule has 0 amide bonds. The number of aromatic nitrogens is 3. The number of para-hydroxylation sites is 1. The van der Waals surface area contributed by atoms with Crippen molar-refractivity contribution < 1.29 is 4.39 Å². The summed E-state index contributed by atoms with van der Waals surface area (Å²) in [6, 6.07) is 6.72. The van der Waals surface area contributed by atoms with Gasteiger partial charge in [-0.1, -0.05) is 6.07 Å². The van der Waals surface area contributed by atoms with Gasteiger partial charge in [0.1, 0.15) is 11.3 Å². The fraction of sp³-hybridized carbons (Fsp3) is 0. The van der Waals surface area contributed by atoms with E-state index < -0.39 is 0 Å². The highest BCUT2D eigenvalue weighted by Gasteiger charge is 2.08. The van der Waals surface area contributed by atoms with Gasteiger partial charge in [-0.25, -0.2) is 9.37 Å². The van der Waals surface area contributed by atoms with Crippen molar-refractivity contribution in [3.63, 3.8) is 0 Å². The molecule has 0 unspecified atom stereocenters. The summed E-state index contributed by atoms with van der Waals surface area (Å²) in [5, 5.41) is 0. The maximum atomic E-state index is 13.5. The van der Waals surface area contributed by atoms with Gasteiger partial charge in [0.05, 0.1) is 5.52 Å². The molecule has 3 aromatic rings. The van der Waals surface area contributed by atoms with Crippen LogP contribution in [-0.4, -0.2) is 15.0 Å². The van der Waals surface area contributed by atoms with Crippen LogP contribution < -0.4 is 0 Å². The Kier molecular flexibility index (Phi) is 2.40. The summed E-state index contributed by atoms with van der Waals surface area (Å²) in [5.74, 6) is 0.284. The van der Waals surface area contributed by atoms with E-state index in [0.717, 1.165) is 10.0 Å². The first-order valence-electron chi connectivity index (χ1n) is 4.99. The molecule has 0 aliphatic rings. The van der Waals surface area contributed by atoms with Crippen molar-refractivity contribution in [3.8, 4) is 11.4 Å². The maximum absolute atomic E-state index is 13.5. The number of benzene rings is 1. The van der Waals surface area contributed by atoms with Gasteiger partial charge >= 0.3 is 0 Å². The van der Waals surface area contributed by atoms with Gasteiger partial charge in [0, 0.05) is 22.4 Å². The molecular weight excluding hydrogens is 285 g/mol. The number of aromatic amines is 1. The summed E-state index contributed by atoms with van der Waals surface area (Å²) in [5.41, 5.74) is 1.84. The predicted octanol–water partition coefficient (Wildman–Crippen LogP) is 3.53. The van der Waals surface area contributed by atoms with Crippen molar-refractivity contribution >= 4 is 27.0 Å². The zero-order valence-electron chi connectivity index (χ0n) is 8.61. The minimum absolute atomic E-state index is 0.326. The van der Waals surface area contributed by atoms with E-state index in [1.165, 1.54) is 6.07 Å². The van der Waals surface area contributed by atoms with Gasteiger partial charge < -0.3 is 4.98 Å². The Morgan fingerprint density at radius 2 is 2.12 bits per heavy atom. The van der Waals surface area contributed by atoms with Crippen LogP contribution in [0.15, 0.2) is 41.1 Å². The lowest BCUT2D eigenvalue weighted by molar-refractivity contribution is 0.637. The molecule has 0 aliphatic carbocycles. The molecule has 0 spiro atoms. The fourth-order valence-corrected chi connectivity index (χ4v) is 2.04. The van der Waals surface area contributed by atoms with Crippen LogP contribution in [0.4, 0.5) is 4.39 Å². The quantitative estimate of drug-likeness (QED) is 0.745. The summed E-state index contributed by atoms with van der Waals surface area (Å²) < 4.78 is 14.3. The fourth-order valence-electron chi connectivity index (χ4n) is 1.68. The second-order valence-corrected chi connectivity index (χ2v) is 4.53. The first kappa shape index (κ1) is 10.4. The normalized spacial score (nSPS) is 10.9. The van der Waals surface area contributed by atoms with E-state index in [-0.39, 0.29) is 5.82 Å². The molecule has 5 heteroatoms. The second-order valence-electron chi connectivity index (χ2n) is 3.61. The van der Waals surface area contributed by atoms with Crippen LogP contribution in [0.2, 0.25) is 0 Å². The van der Waals surface area contributed by atoms with E-state index in [4.69, 9.17) is 0 Å². The molecule has 1 N–H and O–H groups in total. The number of nitrogens with one attached hydrogen (secondary N) is 1. The zero-order valence-corrected chi connectivity index (χ0v) is 10.2. The molecular formula is C12H7BrFN3. The number of nitrogens with zero attached hydrogens (tertiary/aromatic N) is 2. The second kappa shape index (κ2) is 3.92. The topological polar surface area (TPSA) is 41.6 Å². The molecule has 3 nitrogen and oxygen atoms in total. The molecule has 0 fully saturated rings. The highest BCUT2D eigenvalue weighted by molar-refractivity contribution is 9.10. The maximum Gasteiger partial charge on any atom is 0.151 e. The summed E-state index contributed by atoms with van der Waals surface area (Å²) >= 11 is 3.34. The van der Waals surface area contributed by atoms with Gasteiger partial charge in [-0.3, -0.25) is 4.98 Å². The summed E-state index contributed by atoms with van der Waals surface area (Å²) in [6.07, 6.45) is 3.37. The number of H-pyrrole nitrogens is 1. The Labute approximate surface area is 105 Å². The van der Waals surface area contributed by atoms with E-state index in [0.29, 0.717) is 16.9 Å². The third-order valence-corrected chi connectivity index (χ3v) is 2.88. The van der Waals surface area contributed by atoms with Gasteiger partial charge in [-0.15, -0.1) is 0 Å². The lowest BCUT2D eigenvalue weighted by atomic mass is 10.3. The SMILES string of the molecule is Fc1cccc2[nH]c(-c3cncc(Br)c3)nc12. The third kappa shape index (κ3) is 1.82. The van der Waals surface area contributed by atoms with Crippen LogP contribution in [0.1, 0.15) is 0 Å². The van der Waals surface area contributed by atoms with Crippen molar-refractivity contribution in [3.05, 3.63) is 46.9 Å². The van der Waals surface area contributed by atoms with Gasteiger partial charge in [-0.2, -0.15) is 0 Å². The standard InChI is InChI=1S/C12H7BrFN3/c13-8-4-7(5-15-6-8)12-16-10-3-1-2-9(14)11(10)17-12/h1-6H,(H,16,17). The monoisotopic (exact) mass is 291 g/mol. The Morgan fingerprint density at radius 3 is 2.88 bits per heavy atom. The minimum atomic E-state index is -0.326. The summed E-state index contributed by atoms with van der Waals surface area (Å²) in [4.78, 5) is 11.4. The van der Waals surface area contributed by atoms with Crippen LogP contribution in [0.5, 0.6) is 0 Å². The molecule has 0 saturated carbocycles. The van der Waals surface area contributed by atoms with E-state index in [1.807, 2.05) is 6.07 Å². The van der Waals surface area contributed by atoms with Gasteiger partial charge in [0.2, 0.25) is 0 Å². The van der Waals surface area contributed by atoms with Crippen molar-refractivity contribution in [2.45, 2.75) is 0 Å². The molecule has 0 radical (unpaired) electrons. The number of pyridine rings is 1. The summed E-state index contributed by atoms with van der Waals surface area (Å²) in [7, 11) is 0. The molecule has 0 aliphatic heterocycles. The van der Waals surface area contributed by atoms with Gasteiger partial charge in [0.15, 0.2) is 5.82 Å². The summed E-state index contributed by atoms with van der Waals surface area (Å²) in [6.45, 7) is 0. The molecule has 2 aromatic heterocycles. The van der Waals surface area contributed by atoms with Crippen molar-refractivity contribution in [1.29, 1.82) is 0 Å². The van der Waals surface area contributed by atoms with Gasteiger partial charge in [0.25, 0.3) is 0 Å². The van der Waals surface area contributed by atoms with Crippen LogP contribution in [0.25, 0.3) is 22.4 Å². The average molecular weight is 292 g/mol. The number of fused-ring (bicyclic) bond motifs is 1. The zero-order chi connectivity index (χ0) is 11.8. The predicted molar refractivity (Wildman–Crippen MR) is 67.0 cm³/mol. The van der Waals surface area contributed by atoms with Crippen molar-refractivity contribution in [1.82, 2.24) is 15.0 Å². The molecule has 2 heterocycles. The van der Waals surface area contributed by atoms with Crippen LogP contribution >= 0.6 is 15.9 Å². The Hall–Kier alpha value is -1.75. The lowest BCUT2D eigenvalue weighted by Crippen LogP contribution is -1.82. The van der Waals surface area contributed by atoms with Crippen LogP contribution in [-0.2, 0) is 0 Å². The Morgan fingerprint density at radius 1 is 1.24 bits per heavy atom. The van der Waals surface area contributed by atoms with Crippen LogP contribution in [0, 0.1) is 5.82 Å². The smallest absolute Gasteiger partial charge is 0.151 e. The van der Waals surface area contributed by atoms with Crippen molar-refractivity contribution in [2.24, 2.45) is 0 Å². The average Bonchev–Trinajstić information content (AvgIpc) is 2.74. The number of imidazole rings is 1. The first-order valence-corrected chi connectivity index (χ1v) is 5.78. The van der Waals surface area contributed by atoms with E-state index >= 15 is 0 Å². The first-order chi connectivity index (χ1) is 8.24. The van der Waals surface area contributed by atoms with E-state index in [9.17, 15) is 4.39 Å². The van der Waals surface area contributed by atoms with E-state index in [2.05, 4.69) is 30.9 Å². The minimum Gasteiger partial charge on any atom is -0.338 e. The number of rotatable bonds is 1. The number of halogens is 2. The molecule has 1 aromatic carbocycles. The molecule has 3 rings (SSSR count). The highest BCUT2D eigenvalue weighted by atomic mass is 79.9. The molecule has 84 valence electrons. The van der Waals surface area contributed by atoms with Crippen LogP contribution in [0.3, 0.4) is 0 Å². The number of hydrogen-bond donors (Lipinski definition) is 1. The van der Waals surface area contributed by atoms with Gasteiger partial charge in [-0.05, 0) is 34.1 Å². The third-order valence-electron chi connectivity index (χ3n) is 2.44. The largest absolute Gasteiger partial charge is 0.338 e. The van der Waals surface area contributed by atoms with E-state index in [1.54, 1.807) is 24.5 Å². The molecule has 0 bridgehead atoms. The molecule has 0 atom stereocenters. The molecule has 17 heavy (non-hydrogen) atoms. The highest BCUT2D eigenvalue weighted by Crippen LogP contribution is 2.23. The Bertz CT molecular complexity index is 693. The molecule has 0 saturated heterocycles. The Balaban J connectivity index is 2.22. The van der Waals surface area contributed by atoms with Crippen molar-refractivity contribution in [2.75, 3.05) is 0 Å². The number of hydrogen-bond acceptors (Lipinski definition) is 2.